The van der Waals surface area contributed by atoms with E-state index in [1.54, 1.807) is 6.33 Å². The molecular weight excluding hydrogens is 238 g/mol. The molecule has 0 spiro atoms. The highest BCUT2D eigenvalue weighted by Crippen LogP contribution is 2.21. The lowest BCUT2D eigenvalue weighted by Gasteiger charge is -2.01. The molecular formula is C14H17N5. The number of benzene rings is 1. The molecule has 5 heteroatoms. The number of hydrogen-bond acceptors (Lipinski definition) is 3. The van der Waals surface area contributed by atoms with Crippen LogP contribution in [0.25, 0.3) is 22.3 Å². The number of nitrogens with one attached hydrogen (secondary N) is 2. The van der Waals surface area contributed by atoms with Gasteiger partial charge in [-0.2, -0.15) is 0 Å². The monoisotopic (exact) mass is 255 g/mol. The summed E-state index contributed by atoms with van der Waals surface area (Å²) in [6, 6.07) is 6.33. The minimum absolute atomic E-state index is 0.204. The molecule has 3 aromatic rings. The Balaban J connectivity index is 1.85. The zero-order chi connectivity index (χ0) is 13.2. The van der Waals surface area contributed by atoms with Gasteiger partial charge in [-0.3, -0.25) is 0 Å². The number of aryl methyl sites for hydroxylation is 1. The van der Waals surface area contributed by atoms with Crippen molar-refractivity contribution in [2.75, 3.05) is 0 Å². The summed E-state index contributed by atoms with van der Waals surface area (Å²) in [5, 5.41) is 0. The lowest BCUT2D eigenvalue weighted by Crippen LogP contribution is -2.15. The highest BCUT2D eigenvalue weighted by atomic mass is 14.9. The van der Waals surface area contributed by atoms with Gasteiger partial charge < -0.3 is 15.7 Å². The van der Waals surface area contributed by atoms with Gasteiger partial charge >= 0.3 is 0 Å². The topological polar surface area (TPSA) is 83.4 Å². The first-order chi connectivity index (χ1) is 9.22. The molecule has 0 aliphatic heterocycles. The molecule has 1 atom stereocenters. The molecule has 0 saturated carbocycles. The van der Waals surface area contributed by atoms with Crippen LogP contribution in [0, 0.1) is 0 Å². The van der Waals surface area contributed by atoms with Gasteiger partial charge in [0.05, 0.1) is 29.3 Å². The van der Waals surface area contributed by atoms with Crippen molar-refractivity contribution in [3.63, 3.8) is 0 Å². The molecule has 0 fully saturated rings. The van der Waals surface area contributed by atoms with Crippen molar-refractivity contribution < 1.29 is 0 Å². The van der Waals surface area contributed by atoms with Crippen LogP contribution in [0.1, 0.15) is 19.2 Å². The Labute approximate surface area is 111 Å². The number of imidazole rings is 2. The average Bonchev–Trinajstić information content (AvgIpc) is 3.04. The fourth-order valence-electron chi connectivity index (χ4n) is 2.10. The van der Waals surface area contributed by atoms with E-state index in [-0.39, 0.29) is 6.04 Å². The van der Waals surface area contributed by atoms with E-state index < -0.39 is 0 Å². The van der Waals surface area contributed by atoms with Crippen molar-refractivity contribution in [2.45, 2.75) is 25.8 Å². The summed E-state index contributed by atoms with van der Waals surface area (Å²) < 4.78 is 0. The number of fused-ring (bicyclic) bond motifs is 1. The van der Waals surface area contributed by atoms with Gasteiger partial charge in [-0.1, -0.05) is 6.07 Å². The first kappa shape index (κ1) is 11.9. The van der Waals surface area contributed by atoms with Crippen LogP contribution in [-0.4, -0.2) is 26.0 Å². The van der Waals surface area contributed by atoms with E-state index in [0.29, 0.717) is 0 Å². The second-order valence-electron chi connectivity index (χ2n) is 4.89. The SMILES string of the molecule is CC(N)CCc1ncc(-c2ccc3nc[nH]c3c2)[nH]1. The fourth-order valence-corrected chi connectivity index (χ4v) is 2.10. The third kappa shape index (κ3) is 2.51. The Morgan fingerprint density at radius 2 is 2.21 bits per heavy atom. The first-order valence-corrected chi connectivity index (χ1v) is 6.45. The van der Waals surface area contributed by atoms with E-state index in [2.05, 4.69) is 26.0 Å². The molecule has 0 aliphatic rings. The average molecular weight is 255 g/mol. The summed E-state index contributed by atoms with van der Waals surface area (Å²) in [7, 11) is 0. The van der Waals surface area contributed by atoms with Crippen LogP contribution < -0.4 is 5.73 Å². The second-order valence-corrected chi connectivity index (χ2v) is 4.89. The summed E-state index contributed by atoms with van der Waals surface area (Å²) in [6.45, 7) is 2.01. The zero-order valence-electron chi connectivity index (χ0n) is 10.9. The predicted molar refractivity (Wildman–Crippen MR) is 75.6 cm³/mol. The van der Waals surface area contributed by atoms with E-state index in [4.69, 9.17) is 5.73 Å². The van der Waals surface area contributed by atoms with Crippen LogP contribution in [0.4, 0.5) is 0 Å². The number of nitrogens with zero attached hydrogens (tertiary/aromatic N) is 2. The molecule has 98 valence electrons. The summed E-state index contributed by atoms with van der Waals surface area (Å²) in [5.41, 5.74) is 9.89. The van der Waals surface area contributed by atoms with Crippen molar-refractivity contribution in [3.05, 3.63) is 36.5 Å². The number of aromatic nitrogens is 4. The van der Waals surface area contributed by atoms with Crippen molar-refractivity contribution >= 4 is 11.0 Å². The molecule has 4 N–H and O–H groups in total. The van der Waals surface area contributed by atoms with E-state index in [1.165, 1.54) is 0 Å². The van der Waals surface area contributed by atoms with Crippen molar-refractivity contribution in [2.24, 2.45) is 5.73 Å². The zero-order valence-corrected chi connectivity index (χ0v) is 10.9. The van der Waals surface area contributed by atoms with Crippen molar-refractivity contribution in [1.82, 2.24) is 19.9 Å². The first-order valence-electron chi connectivity index (χ1n) is 6.45. The van der Waals surface area contributed by atoms with Gasteiger partial charge in [-0.05, 0) is 25.5 Å². The van der Waals surface area contributed by atoms with Crippen LogP contribution >= 0.6 is 0 Å². The van der Waals surface area contributed by atoms with Crippen LogP contribution in [-0.2, 0) is 6.42 Å². The quantitative estimate of drug-likeness (QED) is 0.668. The molecule has 1 unspecified atom stereocenters. The van der Waals surface area contributed by atoms with Crippen molar-refractivity contribution in [3.8, 4) is 11.3 Å². The summed E-state index contributed by atoms with van der Waals surface area (Å²) in [4.78, 5) is 15.1. The normalized spacial score (nSPS) is 12.9. The molecule has 0 aliphatic carbocycles. The van der Waals surface area contributed by atoms with E-state index in [0.717, 1.165) is 41.0 Å². The molecule has 0 bridgehead atoms. The number of rotatable bonds is 4. The minimum Gasteiger partial charge on any atom is -0.345 e. The molecule has 5 nitrogen and oxygen atoms in total. The molecule has 3 rings (SSSR count). The number of hydrogen-bond donors (Lipinski definition) is 3. The van der Waals surface area contributed by atoms with Gasteiger partial charge in [-0.25, -0.2) is 9.97 Å². The van der Waals surface area contributed by atoms with Gasteiger partial charge in [0.1, 0.15) is 5.82 Å². The van der Waals surface area contributed by atoms with E-state index in [9.17, 15) is 0 Å². The second kappa shape index (κ2) is 4.85. The largest absolute Gasteiger partial charge is 0.345 e. The molecule has 2 aromatic heterocycles. The Hall–Kier alpha value is -2.14. The van der Waals surface area contributed by atoms with Crippen LogP contribution in [0.2, 0.25) is 0 Å². The lowest BCUT2D eigenvalue weighted by atomic mass is 10.1. The van der Waals surface area contributed by atoms with Gasteiger partial charge in [0.2, 0.25) is 0 Å². The molecule has 2 heterocycles. The fraction of sp³-hybridized carbons (Fsp3) is 0.286. The molecule has 0 radical (unpaired) electrons. The number of aromatic amines is 2. The smallest absolute Gasteiger partial charge is 0.106 e. The molecule has 19 heavy (non-hydrogen) atoms. The minimum atomic E-state index is 0.204. The predicted octanol–water partition coefficient (Wildman–Crippen LogP) is 2.23. The van der Waals surface area contributed by atoms with E-state index in [1.807, 2.05) is 25.3 Å². The van der Waals surface area contributed by atoms with E-state index >= 15 is 0 Å². The Morgan fingerprint density at radius 1 is 1.32 bits per heavy atom. The number of H-pyrrole nitrogens is 2. The standard InChI is InChI=1S/C14H17N5/c1-9(15)2-5-14-16-7-13(19-14)10-3-4-11-12(6-10)18-8-17-11/h3-4,6-9H,2,5,15H2,1H3,(H,16,19)(H,17,18). The maximum atomic E-state index is 5.76. The van der Waals surface area contributed by atoms with Crippen LogP contribution in [0.3, 0.4) is 0 Å². The summed E-state index contributed by atoms with van der Waals surface area (Å²) >= 11 is 0. The van der Waals surface area contributed by atoms with Gasteiger partial charge in [0, 0.05) is 18.0 Å². The number of nitrogens with two attached hydrogens (primary N) is 1. The van der Waals surface area contributed by atoms with Crippen LogP contribution in [0.15, 0.2) is 30.7 Å². The third-order valence-electron chi connectivity index (χ3n) is 3.20. The van der Waals surface area contributed by atoms with Crippen molar-refractivity contribution in [1.29, 1.82) is 0 Å². The Bertz CT molecular complexity index is 680. The van der Waals surface area contributed by atoms with Gasteiger partial charge in [0.15, 0.2) is 0 Å². The van der Waals surface area contributed by atoms with Gasteiger partial charge in [-0.15, -0.1) is 0 Å². The highest BCUT2D eigenvalue weighted by Gasteiger charge is 2.06. The molecule has 0 saturated heterocycles. The lowest BCUT2D eigenvalue weighted by molar-refractivity contribution is 0.652. The Kier molecular flexibility index (Phi) is 3.05. The Morgan fingerprint density at radius 3 is 3.05 bits per heavy atom. The van der Waals surface area contributed by atoms with Gasteiger partial charge in [0.25, 0.3) is 0 Å². The summed E-state index contributed by atoms with van der Waals surface area (Å²) in [6.07, 6.45) is 5.39. The maximum absolute atomic E-state index is 5.76. The van der Waals surface area contributed by atoms with Crippen LogP contribution in [0.5, 0.6) is 0 Å². The highest BCUT2D eigenvalue weighted by molar-refractivity contribution is 5.80. The molecule has 0 amide bonds. The molecule has 1 aromatic carbocycles. The third-order valence-corrected chi connectivity index (χ3v) is 3.20. The maximum Gasteiger partial charge on any atom is 0.106 e. The summed E-state index contributed by atoms with van der Waals surface area (Å²) in [5.74, 6) is 0.983.